The van der Waals surface area contributed by atoms with Crippen LogP contribution in [0.5, 0.6) is 0 Å². The van der Waals surface area contributed by atoms with E-state index in [0.717, 1.165) is 18.5 Å². The fourth-order valence-corrected chi connectivity index (χ4v) is 2.17. The van der Waals surface area contributed by atoms with E-state index in [4.69, 9.17) is 5.11 Å². The van der Waals surface area contributed by atoms with Crippen molar-refractivity contribution in [2.75, 3.05) is 0 Å². The number of nitrogens with one attached hydrogen (secondary N) is 1. The number of nitrogens with zero attached hydrogens (tertiary/aromatic N) is 1. The topological polar surface area (TPSA) is 79.3 Å². The highest BCUT2D eigenvalue weighted by Gasteiger charge is 2.23. The Morgan fingerprint density at radius 1 is 1.21 bits per heavy atom. The van der Waals surface area contributed by atoms with Gasteiger partial charge in [-0.3, -0.25) is 9.78 Å². The van der Waals surface area contributed by atoms with Crippen LogP contribution in [0.4, 0.5) is 0 Å². The fourth-order valence-electron chi connectivity index (χ4n) is 2.17. The predicted molar refractivity (Wildman–Crippen MR) is 69.2 cm³/mol. The van der Waals surface area contributed by atoms with E-state index in [1.807, 2.05) is 12.1 Å². The van der Waals surface area contributed by atoms with E-state index in [2.05, 4.69) is 10.3 Å². The molecule has 0 fully saturated rings. The van der Waals surface area contributed by atoms with Gasteiger partial charge in [0.05, 0.1) is 12.2 Å². The first-order chi connectivity index (χ1) is 9.18. The summed E-state index contributed by atoms with van der Waals surface area (Å²) in [6.07, 6.45) is 4.36. The Morgan fingerprint density at radius 3 is 2.58 bits per heavy atom. The summed E-state index contributed by atoms with van der Waals surface area (Å²) in [6, 6.07) is 5.46. The number of amides is 1. The zero-order chi connectivity index (χ0) is 13.7. The highest BCUT2D eigenvalue weighted by atomic mass is 16.4. The Balaban J connectivity index is 2.04. The van der Waals surface area contributed by atoms with E-state index in [-0.39, 0.29) is 11.5 Å². The van der Waals surface area contributed by atoms with Gasteiger partial charge in [0.25, 0.3) is 0 Å². The molecule has 0 bridgehead atoms. The summed E-state index contributed by atoms with van der Waals surface area (Å²) in [5.41, 5.74) is 1.42. The molecule has 0 saturated heterocycles. The van der Waals surface area contributed by atoms with Crippen molar-refractivity contribution in [3.63, 3.8) is 0 Å². The molecule has 1 aromatic rings. The predicted octanol–water partition coefficient (Wildman–Crippen LogP) is 1.65. The van der Waals surface area contributed by atoms with Gasteiger partial charge in [0.15, 0.2) is 0 Å². The number of carboxylic acids is 1. The van der Waals surface area contributed by atoms with Crippen molar-refractivity contribution in [2.45, 2.75) is 32.2 Å². The van der Waals surface area contributed by atoms with E-state index >= 15 is 0 Å². The van der Waals surface area contributed by atoms with Crippen LogP contribution in [-0.2, 0) is 16.1 Å². The fraction of sp³-hybridized carbons (Fsp3) is 0.357. The molecule has 1 heterocycles. The van der Waals surface area contributed by atoms with Crippen LogP contribution in [-0.4, -0.2) is 22.0 Å². The lowest BCUT2D eigenvalue weighted by Crippen LogP contribution is -2.28. The normalized spacial score (nSPS) is 15.2. The third-order valence-corrected chi connectivity index (χ3v) is 3.16. The average molecular weight is 260 g/mol. The van der Waals surface area contributed by atoms with Crippen LogP contribution in [0.15, 0.2) is 35.5 Å². The first-order valence-corrected chi connectivity index (χ1v) is 6.32. The molecule has 100 valence electrons. The number of aromatic nitrogens is 1. The number of pyridine rings is 1. The lowest BCUT2D eigenvalue weighted by Gasteiger charge is -2.17. The van der Waals surface area contributed by atoms with Crippen molar-refractivity contribution in [3.8, 4) is 0 Å². The first-order valence-electron chi connectivity index (χ1n) is 6.32. The number of carbonyl (C=O) groups is 2. The molecule has 5 heteroatoms. The number of carbonyl (C=O) groups excluding carboxylic acids is 1. The standard InChI is InChI=1S/C14H16N2O3/c17-13(16-9-10-5-3-4-8-15-10)11-6-1-2-7-12(11)14(18)19/h3-5,8H,1-2,6-7,9H2,(H,16,17)(H,18,19). The molecule has 0 spiro atoms. The van der Waals surface area contributed by atoms with Crippen LogP contribution in [0.25, 0.3) is 0 Å². The second-order valence-electron chi connectivity index (χ2n) is 4.47. The molecular formula is C14H16N2O3. The summed E-state index contributed by atoms with van der Waals surface area (Å²) >= 11 is 0. The molecule has 0 aromatic carbocycles. The Bertz CT molecular complexity index is 509. The third kappa shape index (κ3) is 3.40. The molecule has 5 nitrogen and oxygen atoms in total. The summed E-state index contributed by atoms with van der Waals surface area (Å²) < 4.78 is 0. The van der Waals surface area contributed by atoms with Crippen molar-refractivity contribution in [3.05, 3.63) is 41.2 Å². The van der Waals surface area contributed by atoms with Gasteiger partial charge in [-0.2, -0.15) is 0 Å². The second-order valence-corrected chi connectivity index (χ2v) is 4.47. The average Bonchev–Trinajstić information content (AvgIpc) is 2.46. The highest BCUT2D eigenvalue weighted by molar-refractivity contribution is 6.02. The summed E-state index contributed by atoms with van der Waals surface area (Å²) in [5, 5.41) is 11.8. The van der Waals surface area contributed by atoms with Crippen LogP contribution in [0.2, 0.25) is 0 Å². The smallest absolute Gasteiger partial charge is 0.332 e. The summed E-state index contributed by atoms with van der Waals surface area (Å²) in [4.78, 5) is 27.2. The van der Waals surface area contributed by atoms with E-state index in [0.29, 0.717) is 25.0 Å². The number of hydrogen-bond donors (Lipinski definition) is 2. The van der Waals surface area contributed by atoms with Crippen LogP contribution in [0.3, 0.4) is 0 Å². The molecule has 1 aliphatic carbocycles. The second kappa shape index (κ2) is 6.13. The maximum Gasteiger partial charge on any atom is 0.332 e. The molecule has 1 amide bonds. The Hall–Kier alpha value is -2.17. The number of aliphatic carboxylic acids is 1. The Morgan fingerprint density at radius 2 is 1.95 bits per heavy atom. The SMILES string of the molecule is O=C(O)C1=C(C(=O)NCc2ccccn2)CCCC1. The maximum atomic E-state index is 12.0. The third-order valence-electron chi connectivity index (χ3n) is 3.16. The summed E-state index contributed by atoms with van der Waals surface area (Å²) in [7, 11) is 0. The molecule has 0 aliphatic heterocycles. The van der Waals surface area contributed by atoms with Gasteiger partial charge in [0, 0.05) is 17.3 Å². The quantitative estimate of drug-likeness (QED) is 0.862. The van der Waals surface area contributed by atoms with Gasteiger partial charge < -0.3 is 10.4 Å². The zero-order valence-electron chi connectivity index (χ0n) is 10.6. The zero-order valence-corrected chi connectivity index (χ0v) is 10.6. The van der Waals surface area contributed by atoms with Gasteiger partial charge >= 0.3 is 5.97 Å². The molecule has 1 aromatic heterocycles. The van der Waals surface area contributed by atoms with Crippen LogP contribution >= 0.6 is 0 Å². The van der Waals surface area contributed by atoms with Gasteiger partial charge in [0.1, 0.15) is 0 Å². The first kappa shape index (κ1) is 13.3. The van der Waals surface area contributed by atoms with Gasteiger partial charge in [0.2, 0.25) is 5.91 Å². The molecule has 0 radical (unpaired) electrons. The van der Waals surface area contributed by atoms with Gasteiger partial charge in [-0.25, -0.2) is 4.79 Å². The molecule has 2 rings (SSSR count). The largest absolute Gasteiger partial charge is 0.478 e. The minimum absolute atomic E-state index is 0.254. The highest BCUT2D eigenvalue weighted by Crippen LogP contribution is 2.25. The van der Waals surface area contributed by atoms with Crippen LogP contribution in [0, 0.1) is 0 Å². The lowest BCUT2D eigenvalue weighted by molar-refractivity contribution is -0.133. The van der Waals surface area contributed by atoms with Gasteiger partial charge in [-0.05, 0) is 37.8 Å². The van der Waals surface area contributed by atoms with Crippen LogP contribution < -0.4 is 5.32 Å². The Kier molecular flexibility index (Phi) is 4.28. The van der Waals surface area contributed by atoms with Crippen LogP contribution in [0.1, 0.15) is 31.4 Å². The van der Waals surface area contributed by atoms with E-state index in [9.17, 15) is 9.59 Å². The van der Waals surface area contributed by atoms with Crippen molar-refractivity contribution in [1.29, 1.82) is 0 Å². The van der Waals surface area contributed by atoms with Gasteiger partial charge in [-0.1, -0.05) is 6.07 Å². The monoisotopic (exact) mass is 260 g/mol. The van der Waals surface area contributed by atoms with Crippen molar-refractivity contribution >= 4 is 11.9 Å². The van der Waals surface area contributed by atoms with Gasteiger partial charge in [-0.15, -0.1) is 0 Å². The molecule has 19 heavy (non-hydrogen) atoms. The molecule has 0 unspecified atom stereocenters. The molecule has 0 atom stereocenters. The molecule has 2 N–H and O–H groups in total. The van der Waals surface area contributed by atoms with E-state index < -0.39 is 5.97 Å². The minimum atomic E-state index is -0.984. The maximum absolute atomic E-state index is 12.0. The molecular weight excluding hydrogens is 244 g/mol. The van der Waals surface area contributed by atoms with Crippen molar-refractivity contribution < 1.29 is 14.7 Å². The van der Waals surface area contributed by atoms with Crippen molar-refractivity contribution in [2.24, 2.45) is 0 Å². The lowest BCUT2D eigenvalue weighted by atomic mass is 9.91. The molecule has 0 saturated carbocycles. The number of hydrogen-bond acceptors (Lipinski definition) is 3. The molecule has 1 aliphatic rings. The number of carboxylic acid groups (broad SMARTS) is 1. The Labute approximate surface area is 111 Å². The number of rotatable bonds is 4. The summed E-state index contributed by atoms with van der Waals surface area (Å²) in [5.74, 6) is -1.27. The van der Waals surface area contributed by atoms with E-state index in [1.165, 1.54) is 0 Å². The minimum Gasteiger partial charge on any atom is -0.478 e. The summed E-state index contributed by atoms with van der Waals surface area (Å²) in [6.45, 7) is 0.316. The van der Waals surface area contributed by atoms with E-state index in [1.54, 1.807) is 12.3 Å². The van der Waals surface area contributed by atoms with Crippen molar-refractivity contribution in [1.82, 2.24) is 10.3 Å².